The number of rotatable bonds is 58. The molecule has 0 radical (unpaired) electrons. The summed E-state index contributed by atoms with van der Waals surface area (Å²) in [6.45, 7) is 4.25. The average Bonchev–Trinajstić information content (AvgIpc) is 3.35. The van der Waals surface area contributed by atoms with Crippen molar-refractivity contribution in [1.82, 2.24) is 5.32 Å². The van der Waals surface area contributed by atoms with Gasteiger partial charge in [0.1, 0.15) is 0 Å². The zero-order chi connectivity index (χ0) is 50.0. The third-order valence-electron chi connectivity index (χ3n) is 14.7. The van der Waals surface area contributed by atoms with Crippen molar-refractivity contribution in [2.45, 2.75) is 360 Å². The molecule has 3 unspecified atom stereocenters. The highest BCUT2D eigenvalue weighted by Crippen LogP contribution is 2.18. The number of allylic oxidation sites excluding steroid dienone is 5. The Labute approximate surface area is 432 Å². The summed E-state index contributed by atoms with van der Waals surface area (Å²) in [7, 11) is 0. The number of aliphatic hydroxyl groups is 3. The molecule has 0 aliphatic heterocycles. The molecule has 0 saturated carbocycles. The van der Waals surface area contributed by atoms with E-state index < -0.39 is 18.2 Å². The maximum atomic E-state index is 12.5. The third-order valence-corrected chi connectivity index (χ3v) is 14.7. The summed E-state index contributed by atoms with van der Waals surface area (Å²) >= 11 is 0. The highest BCUT2D eigenvalue weighted by atomic mass is 16.3. The standard InChI is InChI=1S/C64H123NO4/c1-3-5-7-9-11-13-15-17-19-21-22-23-24-25-26-27-28-29-30-31-32-33-34-35-36-37-38-39-40-42-43-45-47-49-51-53-55-57-61(67)59-64(69)65-62(60-66)63(68)58-56-54-52-50-48-46-44-41-20-18-16-14-12-10-8-6-4-2/h28-29,31-32,56,58,61-63,66-68H,3-27,30,33-55,57,59-60H2,1-2H3,(H,65,69)/b29-28-,32-31-,58-56+. The molecule has 0 heterocycles. The SMILES string of the molecule is CCCCCCCCCCCCCCCCC/C=C\C/C=C\CCCCCCCCCCCCCCCCCC(O)CC(=O)NC(CO)C(O)/C=C/CCCCCCCCCCCCCCCCC. The van der Waals surface area contributed by atoms with E-state index in [4.69, 9.17) is 0 Å². The number of carbonyl (C=O) groups excluding carboxylic acids is 1. The van der Waals surface area contributed by atoms with E-state index in [9.17, 15) is 20.1 Å². The van der Waals surface area contributed by atoms with Crippen LogP contribution in [-0.4, -0.2) is 46.1 Å². The second kappa shape index (κ2) is 59.1. The number of carbonyl (C=O) groups is 1. The van der Waals surface area contributed by atoms with E-state index in [-0.39, 0.29) is 18.9 Å². The average molecular weight is 971 g/mol. The lowest BCUT2D eigenvalue weighted by Gasteiger charge is -2.21. The van der Waals surface area contributed by atoms with Crippen LogP contribution in [0.2, 0.25) is 0 Å². The van der Waals surface area contributed by atoms with Gasteiger partial charge in [-0.2, -0.15) is 0 Å². The van der Waals surface area contributed by atoms with Crippen LogP contribution >= 0.6 is 0 Å². The molecular formula is C64H123NO4. The summed E-state index contributed by atoms with van der Waals surface area (Å²) in [4.78, 5) is 12.5. The largest absolute Gasteiger partial charge is 0.394 e. The molecule has 0 aromatic heterocycles. The highest BCUT2D eigenvalue weighted by Gasteiger charge is 2.20. The topological polar surface area (TPSA) is 89.8 Å². The molecule has 69 heavy (non-hydrogen) atoms. The van der Waals surface area contributed by atoms with Gasteiger partial charge in [-0.05, 0) is 51.4 Å². The Morgan fingerprint density at radius 3 is 0.957 bits per heavy atom. The van der Waals surface area contributed by atoms with E-state index >= 15 is 0 Å². The van der Waals surface area contributed by atoms with Crippen LogP contribution in [0.5, 0.6) is 0 Å². The normalized spacial score (nSPS) is 13.4. The summed E-state index contributed by atoms with van der Waals surface area (Å²) in [5.41, 5.74) is 0. The molecule has 0 aromatic carbocycles. The van der Waals surface area contributed by atoms with Gasteiger partial charge in [-0.15, -0.1) is 0 Å². The van der Waals surface area contributed by atoms with Crippen molar-refractivity contribution in [3.8, 4) is 0 Å². The van der Waals surface area contributed by atoms with Crippen molar-refractivity contribution in [2.24, 2.45) is 0 Å². The molecule has 0 fully saturated rings. The van der Waals surface area contributed by atoms with Crippen LogP contribution in [0.15, 0.2) is 36.5 Å². The second-order valence-corrected chi connectivity index (χ2v) is 21.7. The van der Waals surface area contributed by atoms with Crippen LogP contribution in [0.25, 0.3) is 0 Å². The van der Waals surface area contributed by atoms with E-state index in [1.807, 2.05) is 6.08 Å². The fourth-order valence-corrected chi connectivity index (χ4v) is 9.90. The summed E-state index contributed by atoms with van der Waals surface area (Å²) in [5.74, 6) is -0.311. The molecular weight excluding hydrogens is 847 g/mol. The number of hydrogen-bond donors (Lipinski definition) is 4. The van der Waals surface area contributed by atoms with Gasteiger partial charge in [-0.1, -0.05) is 320 Å². The molecule has 0 aromatic rings. The Kier molecular flexibility index (Phi) is 57.9. The van der Waals surface area contributed by atoms with Crippen LogP contribution in [0.4, 0.5) is 0 Å². The maximum Gasteiger partial charge on any atom is 0.222 e. The second-order valence-electron chi connectivity index (χ2n) is 21.7. The lowest BCUT2D eigenvalue weighted by molar-refractivity contribution is -0.124. The van der Waals surface area contributed by atoms with Crippen molar-refractivity contribution >= 4 is 5.91 Å². The van der Waals surface area contributed by atoms with Gasteiger partial charge in [0.05, 0.1) is 31.3 Å². The Balaban J connectivity index is 3.49. The van der Waals surface area contributed by atoms with Gasteiger partial charge < -0.3 is 20.6 Å². The molecule has 0 aliphatic rings. The molecule has 0 bridgehead atoms. The smallest absolute Gasteiger partial charge is 0.222 e. The lowest BCUT2D eigenvalue weighted by Crippen LogP contribution is -2.45. The first-order chi connectivity index (χ1) is 34.0. The van der Waals surface area contributed by atoms with Crippen molar-refractivity contribution in [3.05, 3.63) is 36.5 Å². The molecule has 408 valence electrons. The minimum Gasteiger partial charge on any atom is -0.394 e. The number of aliphatic hydroxyl groups excluding tert-OH is 3. The zero-order valence-electron chi connectivity index (χ0n) is 46.7. The molecule has 0 saturated heterocycles. The fourth-order valence-electron chi connectivity index (χ4n) is 9.90. The predicted molar refractivity (Wildman–Crippen MR) is 305 cm³/mol. The number of hydrogen-bond acceptors (Lipinski definition) is 4. The Hall–Kier alpha value is -1.43. The molecule has 1 amide bonds. The van der Waals surface area contributed by atoms with E-state index in [1.54, 1.807) is 6.08 Å². The van der Waals surface area contributed by atoms with Gasteiger partial charge in [0.25, 0.3) is 0 Å². The number of unbranched alkanes of at least 4 members (excludes halogenated alkanes) is 45. The van der Waals surface area contributed by atoms with Crippen LogP contribution in [-0.2, 0) is 4.79 Å². The molecule has 0 spiro atoms. The summed E-state index contributed by atoms with van der Waals surface area (Å²) < 4.78 is 0. The molecule has 5 nitrogen and oxygen atoms in total. The highest BCUT2D eigenvalue weighted by molar-refractivity contribution is 5.76. The Morgan fingerprint density at radius 2 is 0.652 bits per heavy atom. The van der Waals surface area contributed by atoms with E-state index in [0.717, 1.165) is 32.1 Å². The van der Waals surface area contributed by atoms with Gasteiger partial charge in [-0.25, -0.2) is 0 Å². The van der Waals surface area contributed by atoms with E-state index in [2.05, 4.69) is 43.5 Å². The summed E-state index contributed by atoms with van der Waals surface area (Å²) in [6, 6.07) is -0.744. The van der Waals surface area contributed by atoms with Gasteiger partial charge in [0, 0.05) is 0 Å². The third kappa shape index (κ3) is 55.7. The van der Waals surface area contributed by atoms with Gasteiger partial charge in [0.15, 0.2) is 0 Å². The Morgan fingerprint density at radius 1 is 0.377 bits per heavy atom. The minimum atomic E-state index is -0.929. The van der Waals surface area contributed by atoms with Gasteiger partial charge in [0.2, 0.25) is 5.91 Å². The molecule has 3 atom stereocenters. The number of nitrogens with one attached hydrogen (secondary N) is 1. The molecule has 4 N–H and O–H groups in total. The van der Waals surface area contributed by atoms with Crippen LogP contribution in [0.1, 0.15) is 341 Å². The van der Waals surface area contributed by atoms with Crippen LogP contribution < -0.4 is 5.32 Å². The summed E-state index contributed by atoms with van der Waals surface area (Å²) in [6.07, 6.45) is 78.0. The van der Waals surface area contributed by atoms with E-state index in [0.29, 0.717) is 6.42 Å². The van der Waals surface area contributed by atoms with Crippen molar-refractivity contribution in [1.29, 1.82) is 0 Å². The first-order valence-electron chi connectivity index (χ1n) is 31.3. The first kappa shape index (κ1) is 67.6. The quantitative estimate of drug-likeness (QED) is 0.0361. The summed E-state index contributed by atoms with van der Waals surface area (Å²) in [5, 5.41) is 33.5. The minimum absolute atomic E-state index is 0.0154. The van der Waals surface area contributed by atoms with Crippen LogP contribution in [0, 0.1) is 0 Å². The fraction of sp³-hybridized carbons (Fsp3) is 0.891. The van der Waals surface area contributed by atoms with Crippen molar-refractivity contribution < 1.29 is 20.1 Å². The zero-order valence-corrected chi connectivity index (χ0v) is 46.7. The van der Waals surface area contributed by atoms with Crippen molar-refractivity contribution in [3.63, 3.8) is 0 Å². The van der Waals surface area contributed by atoms with E-state index in [1.165, 1.54) is 283 Å². The molecule has 5 heteroatoms. The predicted octanol–water partition coefficient (Wildman–Crippen LogP) is 19.8. The number of amides is 1. The van der Waals surface area contributed by atoms with Crippen molar-refractivity contribution in [2.75, 3.05) is 6.61 Å². The van der Waals surface area contributed by atoms with Crippen LogP contribution in [0.3, 0.4) is 0 Å². The van der Waals surface area contributed by atoms with Gasteiger partial charge in [-0.3, -0.25) is 4.79 Å². The molecule has 0 rings (SSSR count). The monoisotopic (exact) mass is 970 g/mol. The molecule has 0 aliphatic carbocycles. The lowest BCUT2D eigenvalue weighted by atomic mass is 10.0. The Bertz CT molecular complexity index is 1070. The maximum absolute atomic E-state index is 12.5. The van der Waals surface area contributed by atoms with Gasteiger partial charge >= 0.3 is 0 Å². The first-order valence-corrected chi connectivity index (χ1v) is 31.3.